The van der Waals surface area contributed by atoms with Gasteiger partial charge in [0, 0.05) is 5.69 Å². The summed E-state index contributed by atoms with van der Waals surface area (Å²) < 4.78 is 0. The average Bonchev–Trinajstić information content (AvgIpc) is 2.54. The van der Waals surface area contributed by atoms with Crippen molar-refractivity contribution in [3.05, 3.63) is 78.9 Å². The van der Waals surface area contributed by atoms with Gasteiger partial charge in [0.15, 0.2) is 0 Å². The highest BCUT2D eigenvalue weighted by Crippen LogP contribution is 2.45. The number of para-hydroxylation sites is 1. The lowest BCUT2D eigenvalue weighted by molar-refractivity contribution is -0.134. The highest BCUT2D eigenvalue weighted by molar-refractivity contribution is 6.03. The molecule has 1 N–H and O–H groups in total. The average molecular weight is 279 g/mol. The number of carbonyl (C=O) groups is 1. The molecule has 3 atom stereocenters. The van der Waals surface area contributed by atoms with Crippen molar-refractivity contribution in [2.75, 3.05) is 4.90 Å². The highest BCUT2D eigenvalue weighted by Gasteiger charge is 2.51. The molecule has 0 aliphatic carbocycles. The van der Waals surface area contributed by atoms with E-state index in [0.717, 1.165) is 11.3 Å². The van der Waals surface area contributed by atoms with Crippen molar-refractivity contribution in [3.63, 3.8) is 0 Å². The molecular formula is C18H17NO2. The SMILES string of the molecule is C=CC(O)C1C(=O)N(c2ccccc2)C1c1ccccc1. The smallest absolute Gasteiger partial charge is 0.236 e. The molecule has 0 saturated carbocycles. The fourth-order valence-corrected chi connectivity index (χ4v) is 2.87. The highest BCUT2D eigenvalue weighted by atomic mass is 16.3. The van der Waals surface area contributed by atoms with Crippen molar-refractivity contribution < 1.29 is 9.90 Å². The van der Waals surface area contributed by atoms with E-state index in [1.54, 1.807) is 4.90 Å². The number of hydrogen-bond acceptors (Lipinski definition) is 2. The fourth-order valence-electron chi connectivity index (χ4n) is 2.87. The van der Waals surface area contributed by atoms with Crippen LogP contribution in [0.3, 0.4) is 0 Å². The van der Waals surface area contributed by atoms with E-state index in [1.165, 1.54) is 6.08 Å². The molecule has 1 aliphatic heterocycles. The fraction of sp³-hybridized carbons (Fsp3) is 0.167. The molecule has 2 aromatic rings. The van der Waals surface area contributed by atoms with Crippen LogP contribution in [0.4, 0.5) is 5.69 Å². The maximum Gasteiger partial charge on any atom is 0.236 e. The Morgan fingerprint density at radius 2 is 1.62 bits per heavy atom. The maximum absolute atomic E-state index is 12.5. The molecule has 3 heteroatoms. The van der Waals surface area contributed by atoms with Gasteiger partial charge < -0.3 is 10.0 Å². The second kappa shape index (κ2) is 5.54. The molecule has 106 valence electrons. The normalized spacial score (nSPS) is 22.5. The topological polar surface area (TPSA) is 40.5 Å². The van der Waals surface area contributed by atoms with E-state index in [1.807, 2.05) is 60.7 Å². The number of anilines is 1. The van der Waals surface area contributed by atoms with E-state index in [-0.39, 0.29) is 11.9 Å². The van der Waals surface area contributed by atoms with E-state index in [2.05, 4.69) is 6.58 Å². The molecule has 0 radical (unpaired) electrons. The number of rotatable bonds is 4. The van der Waals surface area contributed by atoms with Gasteiger partial charge in [0.05, 0.1) is 18.1 Å². The van der Waals surface area contributed by atoms with Crippen LogP contribution < -0.4 is 4.90 Å². The van der Waals surface area contributed by atoms with E-state index in [4.69, 9.17) is 0 Å². The van der Waals surface area contributed by atoms with Gasteiger partial charge in [0.25, 0.3) is 0 Å². The van der Waals surface area contributed by atoms with Crippen molar-refractivity contribution in [2.24, 2.45) is 5.92 Å². The number of hydrogen-bond donors (Lipinski definition) is 1. The summed E-state index contributed by atoms with van der Waals surface area (Å²) in [6, 6.07) is 19.2. The Morgan fingerprint density at radius 1 is 1.05 bits per heavy atom. The summed E-state index contributed by atoms with van der Waals surface area (Å²) in [6.07, 6.45) is 0.601. The van der Waals surface area contributed by atoms with Gasteiger partial charge in [-0.25, -0.2) is 0 Å². The maximum atomic E-state index is 12.5. The molecule has 1 fully saturated rings. The Labute approximate surface area is 124 Å². The first-order valence-electron chi connectivity index (χ1n) is 6.97. The Morgan fingerprint density at radius 3 is 2.19 bits per heavy atom. The van der Waals surface area contributed by atoms with Gasteiger partial charge in [-0.1, -0.05) is 54.6 Å². The summed E-state index contributed by atoms with van der Waals surface area (Å²) >= 11 is 0. The molecule has 3 unspecified atom stereocenters. The van der Waals surface area contributed by atoms with Crippen LogP contribution in [0.1, 0.15) is 11.6 Å². The largest absolute Gasteiger partial charge is 0.388 e. The Bertz CT molecular complexity index is 639. The third-order valence-corrected chi connectivity index (χ3v) is 3.93. The number of nitrogens with zero attached hydrogens (tertiary/aromatic N) is 1. The van der Waals surface area contributed by atoms with E-state index >= 15 is 0 Å². The summed E-state index contributed by atoms with van der Waals surface area (Å²) in [4.78, 5) is 14.2. The second-order valence-corrected chi connectivity index (χ2v) is 5.15. The monoisotopic (exact) mass is 279 g/mol. The predicted octanol–water partition coefficient (Wildman–Crippen LogP) is 2.94. The number of benzene rings is 2. The number of β-lactam (4-membered cyclic amide) rings is 1. The van der Waals surface area contributed by atoms with Gasteiger partial charge in [-0.05, 0) is 17.7 Å². The van der Waals surface area contributed by atoms with Crippen LogP contribution in [0, 0.1) is 5.92 Å². The zero-order valence-electron chi connectivity index (χ0n) is 11.6. The molecule has 21 heavy (non-hydrogen) atoms. The number of carbonyl (C=O) groups excluding carboxylic acids is 1. The number of aliphatic hydroxyl groups excluding tert-OH is 1. The molecule has 3 nitrogen and oxygen atoms in total. The molecule has 2 aromatic carbocycles. The lowest BCUT2D eigenvalue weighted by Gasteiger charge is -2.48. The van der Waals surface area contributed by atoms with Gasteiger partial charge in [-0.3, -0.25) is 4.79 Å². The summed E-state index contributed by atoms with van der Waals surface area (Å²) in [5, 5.41) is 10.1. The van der Waals surface area contributed by atoms with Gasteiger partial charge >= 0.3 is 0 Å². The quantitative estimate of drug-likeness (QED) is 0.690. The van der Waals surface area contributed by atoms with Crippen LogP contribution in [0.25, 0.3) is 0 Å². The summed E-state index contributed by atoms with van der Waals surface area (Å²) in [5.74, 6) is -0.535. The second-order valence-electron chi connectivity index (χ2n) is 5.15. The van der Waals surface area contributed by atoms with Crippen molar-refractivity contribution in [2.45, 2.75) is 12.1 Å². The zero-order valence-corrected chi connectivity index (χ0v) is 11.6. The van der Waals surface area contributed by atoms with Crippen molar-refractivity contribution in [1.82, 2.24) is 0 Å². The molecule has 1 amide bonds. The van der Waals surface area contributed by atoms with Crippen molar-refractivity contribution in [1.29, 1.82) is 0 Å². The first-order chi connectivity index (χ1) is 10.2. The van der Waals surface area contributed by atoms with Gasteiger partial charge in [0.2, 0.25) is 5.91 Å². The molecule has 1 saturated heterocycles. The standard InChI is InChI=1S/C18H17NO2/c1-2-15(20)16-17(13-9-5-3-6-10-13)19(18(16)21)14-11-7-4-8-12-14/h2-12,15-17,20H,1H2. The molecule has 3 rings (SSSR count). The summed E-state index contributed by atoms with van der Waals surface area (Å²) in [5.41, 5.74) is 1.87. The zero-order chi connectivity index (χ0) is 14.8. The first-order valence-corrected chi connectivity index (χ1v) is 6.97. The molecule has 0 spiro atoms. The van der Waals surface area contributed by atoms with Crippen LogP contribution in [0.5, 0.6) is 0 Å². The minimum atomic E-state index is -0.831. The molecular weight excluding hydrogens is 262 g/mol. The lowest BCUT2D eigenvalue weighted by Crippen LogP contribution is -2.59. The first kappa shape index (κ1) is 13.6. The minimum Gasteiger partial charge on any atom is -0.388 e. The number of amides is 1. The third-order valence-electron chi connectivity index (χ3n) is 3.93. The van der Waals surface area contributed by atoms with Crippen LogP contribution in [-0.2, 0) is 4.79 Å². The van der Waals surface area contributed by atoms with Crippen LogP contribution >= 0.6 is 0 Å². The minimum absolute atomic E-state index is 0.0672. The van der Waals surface area contributed by atoms with E-state index in [0.29, 0.717) is 0 Å². The van der Waals surface area contributed by atoms with Crippen LogP contribution in [0.15, 0.2) is 73.3 Å². The van der Waals surface area contributed by atoms with Gasteiger partial charge in [0.1, 0.15) is 0 Å². The Hall–Kier alpha value is -2.39. The molecule has 0 bridgehead atoms. The number of aliphatic hydroxyl groups is 1. The molecule has 1 aliphatic rings. The summed E-state index contributed by atoms with van der Waals surface area (Å²) in [6.45, 7) is 3.60. The summed E-state index contributed by atoms with van der Waals surface area (Å²) in [7, 11) is 0. The Balaban J connectivity index is 2.00. The van der Waals surface area contributed by atoms with Crippen LogP contribution in [0.2, 0.25) is 0 Å². The molecule has 1 heterocycles. The van der Waals surface area contributed by atoms with Gasteiger partial charge in [-0.15, -0.1) is 6.58 Å². The van der Waals surface area contributed by atoms with Gasteiger partial charge in [-0.2, -0.15) is 0 Å². The van der Waals surface area contributed by atoms with E-state index in [9.17, 15) is 9.90 Å². The third kappa shape index (κ3) is 2.26. The van der Waals surface area contributed by atoms with E-state index < -0.39 is 12.0 Å². The van der Waals surface area contributed by atoms with Crippen molar-refractivity contribution >= 4 is 11.6 Å². The van der Waals surface area contributed by atoms with Crippen molar-refractivity contribution in [3.8, 4) is 0 Å². The predicted molar refractivity (Wildman–Crippen MR) is 82.8 cm³/mol. The molecule has 0 aromatic heterocycles. The Kier molecular flexibility index (Phi) is 3.59. The lowest BCUT2D eigenvalue weighted by atomic mass is 9.78. The van der Waals surface area contributed by atoms with Crippen LogP contribution in [-0.4, -0.2) is 17.1 Å².